The number of amides is 1. The molecule has 0 aliphatic carbocycles. The molecule has 108 valence electrons. The first-order chi connectivity index (χ1) is 10.2. The van der Waals surface area contributed by atoms with Gasteiger partial charge in [0.1, 0.15) is 5.82 Å². The lowest BCUT2D eigenvalue weighted by atomic mass is 9.95. The van der Waals surface area contributed by atoms with E-state index < -0.39 is 0 Å². The largest absolute Gasteiger partial charge is 0.339 e. The van der Waals surface area contributed by atoms with Gasteiger partial charge in [0, 0.05) is 48.9 Å². The van der Waals surface area contributed by atoms with E-state index >= 15 is 0 Å². The Morgan fingerprint density at radius 3 is 2.52 bits per heavy atom. The standard InChI is InChI=1S/C16H18N4O/c1-12-2-9-18-15(19-12)13-5-10-20(11-6-13)16(21)14-3-7-17-8-4-14/h2-4,7-9,13H,5-6,10-11H2,1H3. The summed E-state index contributed by atoms with van der Waals surface area (Å²) in [4.78, 5) is 27.1. The summed E-state index contributed by atoms with van der Waals surface area (Å²) in [6.45, 7) is 3.49. The average Bonchev–Trinajstić information content (AvgIpc) is 2.55. The van der Waals surface area contributed by atoms with Crippen molar-refractivity contribution in [2.45, 2.75) is 25.7 Å². The Morgan fingerprint density at radius 2 is 1.86 bits per heavy atom. The van der Waals surface area contributed by atoms with Crippen LogP contribution in [0.3, 0.4) is 0 Å². The highest BCUT2D eigenvalue weighted by molar-refractivity contribution is 5.94. The fraction of sp³-hybridized carbons (Fsp3) is 0.375. The number of piperidine rings is 1. The van der Waals surface area contributed by atoms with Crippen molar-refractivity contribution in [1.29, 1.82) is 0 Å². The summed E-state index contributed by atoms with van der Waals surface area (Å²) in [7, 11) is 0. The molecule has 0 bridgehead atoms. The van der Waals surface area contributed by atoms with Gasteiger partial charge in [0.15, 0.2) is 0 Å². The molecule has 1 fully saturated rings. The van der Waals surface area contributed by atoms with E-state index in [4.69, 9.17) is 0 Å². The molecule has 5 nitrogen and oxygen atoms in total. The van der Waals surface area contributed by atoms with E-state index in [1.165, 1.54) is 0 Å². The number of hydrogen-bond donors (Lipinski definition) is 0. The van der Waals surface area contributed by atoms with Crippen LogP contribution in [0.4, 0.5) is 0 Å². The van der Waals surface area contributed by atoms with Crippen LogP contribution in [0.1, 0.15) is 40.6 Å². The second-order valence-corrected chi connectivity index (χ2v) is 5.36. The summed E-state index contributed by atoms with van der Waals surface area (Å²) < 4.78 is 0. The first kappa shape index (κ1) is 13.7. The molecule has 0 spiro atoms. The summed E-state index contributed by atoms with van der Waals surface area (Å²) in [5.41, 5.74) is 1.70. The normalized spacial score (nSPS) is 16.0. The summed E-state index contributed by atoms with van der Waals surface area (Å²) in [6, 6.07) is 5.43. The highest BCUT2D eigenvalue weighted by Crippen LogP contribution is 2.26. The van der Waals surface area contributed by atoms with Crippen molar-refractivity contribution in [2.75, 3.05) is 13.1 Å². The molecule has 0 saturated carbocycles. The quantitative estimate of drug-likeness (QED) is 0.847. The molecule has 3 heterocycles. The Labute approximate surface area is 124 Å². The number of carbonyl (C=O) groups is 1. The monoisotopic (exact) mass is 282 g/mol. The molecule has 1 aliphatic rings. The van der Waals surface area contributed by atoms with Gasteiger partial charge in [-0.05, 0) is 38.0 Å². The molecule has 1 aliphatic heterocycles. The molecule has 2 aromatic heterocycles. The van der Waals surface area contributed by atoms with E-state index in [1.54, 1.807) is 24.5 Å². The van der Waals surface area contributed by atoms with Crippen molar-refractivity contribution in [3.8, 4) is 0 Å². The molecule has 2 aromatic rings. The summed E-state index contributed by atoms with van der Waals surface area (Å²) in [6.07, 6.45) is 6.95. The minimum atomic E-state index is 0.0843. The minimum absolute atomic E-state index is 0.0843. The maximum atomic E-state index is 12.4. The third-order valence-electron chi connectivity index (χ3n) is 3.89. The lowest BCUT2D eigenvalue weighted by molar-refractivity contribution is 0.0711. The lowest BCUT2D eigenvalue weighted by Crippen LogP contribution is -2.38. The summed E-state index contributed by atoms with van der Waals surface area (Å²) >= 11 is 0. The van der Waals surface area contributed by atoms with Gasteiger partial charge in [-0.25, -0.2) is 9.97 Å². The Morgan fingerprint density at radius 1 is 1.14 bits per heavy atom. The second-order valence-electron chi connectivity index (χ2n) is 5.36. The predicted molar refractivity (Wildman–Crippen MR) is 78.9 cm³/mol. The van der Waals surface area contributed by atoms with Crippen LogP contribution in [-0.2, 0) is 0 Å². The van der Waals surface area contributed by atoms with Crippen LogP contribution in [0.5, 0.6) is 0 Å². The zero-order valence-electron chi connectivity index (χ0n) is 12.1. The second kappa shape index (κ2) is 5.99. The Kier molecular flexibility index (Phi) is 3.90. The highest BCUT2D eigenvalue weighted by Gasteiger charge is 2.25. The molecule has 0 unspecified atom stereocenters. The lowest BCUT2D eigenvalue weighted by Gasteiger charge is -2.31. The van der Waals surface area contributed by atoms with Crippen molar-refractivity contribution >= 4 is 5.91 Å². The van der Waals surface area contributed by atoms with E-state index in [0.29, 0.717) is 11.5 Å². The van der Waals surface area contributed by atoms with Gasteiger partial charge in [0.2, 0.25) is 0 Å². The van der Waals surface area contributed by atoms with E-state index in [9.17, 15) is 4.79 Å². The predicted octanol–water partition coefficient (Wildman–Crippen LogP) is 2.20. The zero-order chi connectivity index (χ0) is 14.7. The first-order valence-corrected chi connectivity index (χ1v) is 7.23. The molecule has 0 N–H and O–H groups in total. The van der Waals surface area contributed by atoms with Gasteiger partial charge in [-0.1, -0.05) is 0 Å². The van der Waals surface area contributed by atoms with Crippen LogP contribution in [0.2, 0.25) is 0 Å². The SMILES string of the molecule is Cc1ccnc(C2CCN(C(=O)c3ccncc3)CC2)n1. The number of pyridine rings is 1. The number of hydrogen-bond acceptors (Lipinski definition) is 4. The molecular formula is C16H18N4O. The molecule has 21 heavy (non-hydrogen) atoms. The van der Waals surface area contributed by atoms with Gasteiger partial charge >= 0.3 is 0 Å². The maximum absolute atomic E-state index is 12.4. The van der Waals surface area contributed by atoms with Crippen LogP contribution in [0.15, 0.2) is 36.8 Å². The number of carbonyl (C=O) groups excluding carboxylic acids is 1. The van der Waals surface area contributed by atoms with Gasteiger partial charge < -0.3 is 4.90 Å². The van der Waals surface area contributed by atoms with E-state index in [-0.39, 0.29) is 5.91 Å². The van der Waals surface area contributed by atoms with Crippen molar-refractivity contribution in [1.82, 2.24) is 19.9 Å². The van der Waals surface area contributed by atoms with E-state index in [2.05, 4.69) is 15.0 Å². The van der Waals surface area contributed by atoms with Crippen LogP contribution in [0.25, 0.3) is 0 Å². The molecular weight excluding hydrogens is 264 g/mol. The van der Waals surface area contributed by atoms with E-state index in [1.807, 2.05) is 24.1 Å². The van der Waals surface area contributed by atoms with Crippen LogP contribution in [-0.4, -0.2) is 38.8 Å². The van der Waals surface area contributed by atoms with Crippen LogP contribution in [0, 0.1) is 6.92 Å². The van der Waals surface area contributed by atoms with Crippen molar-refractivity contribution in [2.24, 2.45) is 0 Å². The Balaban J connectivity index is 1.64. The molecule has 5 heteroatoms. The van der Waals surface area contributed by atoms with Gasteiger partial charge in [-0.2, -0.15) is 0 Å². The molecule has 1 saturated heterocycles. The minimum Gasteiger partial charge on any atom is -0.339 e. The van der Waals surface area contributed by atoms with E-state index in [0.717, 1.165) is 37.4 Å². The van der Waals surface area contributed by atoms with Gasteiger partial charge in [0.05, 0.1) is 0 Å². The Bertz CT molecular complexity index is 621. The third kappa shape index (κ3) is 3.07. The van der Waals surface area contributed by atoms with Crippen molar-refractivity contribution in [3.05, 3.63) is 53.9 Å². The number of rotatable bonds is 2. The van der Waals surface area contributed by atoms with Gasteiger partial charge in [-0.3, -0.25) is 9.78 Å². The summed E-state index contributed by atoms with van der Waals surface area (Å²) in [5.74, 6) is 1.35. The molecule has 3 rings (SSSR count). The number of aromatic nitrogens is 3. The van der Waals surface area contributed by atoms with Gasteiger partial charge in [-0.15, -0.1) is 0 Å². The average molecular weight is 282 g/mol. The third-order valence-corrected chi connectivity index (χ3v) is 3.89. The fourth-order valence-electron chi connectivity index (χ4n) is 2.68. The Hall–Kier alpha value is -2.30. The topological polar surface area (TPSA) is 59.0 Å². The molecule has 0 atom stereocenters. The molecule has 0 aromatic carbocycles. The fourth-order valence-corrected chi connectivity index (χ4v) is 2.68. The van der Waals surface area contributed by atoms with Crippen molar-refractivity contribution < 1.29 is 4.79 Å². The van der Waals surface area contributed by atoms with Crippen LogP contribution >= 0.6 is 0 Å². The molecule has 0 radical (unpaired) electrons. The summed E-state index contributed by atoms with van der Waals surface area (Å²) in [5, 5.41) is 0. The van der Waals surface area contributed by atoms with Gasteiger partial charge in [0.25, 0.3) is 5.91 Å². The first-order valence-electron chi connectivity index (χ1n) is 7.23. The zero-order valence-corrected chi connectivity index (χ0v) is 12.1. The smallest absolute Gasteiger partial charge is 0.253 e. The number of aryl methyl sites for hydroxylation is 1. The molecule has 1 amide bonds. The maximum Gasteiger partial charge on any atom is 0.253 e. The van der Waals surface area contributed by atoms with Crippen LogP contribution < -0.4 is 0 Å². The highest BCUT2D eigenvalue weighted by atomic mass is 16.2. The number of likely N-dealkylation sites (tertiary alicyclic amines) is 1. The van der Waals surface area contributed by atoms with Crippen molar-refractivity contribution in [3.63, 3.8) is 0 Å². The number of nitrogens with zero attached hydrogens (tertiary/aromatic N) is 4.